The highest BCUT2D eigenvalue weighted by atomic mass is 32.1. The van der Waals surface area contributed by atoms with E-state index in [4.69, 9.17) is 12.2 Å². The summed E-state index contributed by atoms with van der Waals surface area (Å²) >= 11 is 6.61. The Balaban J connectivity index is 2.23. The van der Waals surface area contributed by atoms with Crippen molar-refractivity contribution in [2.75, 3.05) is 5.32 Å². The Kier molecular flexibility index (Phi) is 4.11. The third-order valence-corrected chi connectivity index (χ3v) is 4.05. The number of thiocarbonyl (C=S) groups is 1. The monoisotopic (exact) mass is 293 g/mol. The third kappa shape index (κ3) is 3.08. The molecule has 0 fully saturated rings. The maximum Gasteiger partial charge on any atom is 0.225 e. The summed E-state index contributed by atoms with van der Waals surface area (Å²) in [6, 6.07) is 4.13. The highest BCUT2D eigenvalue weighted by Gasteiger charge is 2.10. The summed E-state index contributed by atoms with van der Waals surface area (Å²) in [7, 11) is 0. The van der Waals surface area contributed by atoms with Gasteiger partial charge in [0.1, 0.15) is 0 Å². The number of aryl methyl sites for hydroxylation is 2. The molecule has 0 atom stereocenters. The van der Waals surface area contributed by atoms with Crippen molar-refractivity contribution in [3.63, 3.8) is 0 Å². The van der Waals surface area contributed by atoms with Gasteiger partial charge in [-0.15, -0.1) is 0 Å². The Hall–Kier alpha value is -1.53. The Morgan fingerprint density at radius 3 is 2.68 bits per heavy atom. The van der Waals surface area contributed by atoms with Gasteiger partial charge in [-0.1, -0.05) is 30.4 Å². The van der Waals surface area contributed by atoms with Gasteiger partial charge in [-0.25, -0.2) is 4.98 Å². The van der Waals surface area contributed by atoms with Crippen LogP contribution < -0.4 is 10.6 Å². The smallest absolute Gasteiger partial charge is 0.225 e. The molecule has 0 aliphatic carbocycles. The molecule has 4 nitrogen and oxygen atoms in total. The number of thiazole rings is 1. The molecule has 1 amide bonds. The van der Waals surface area contributed by atoms with E-state index in [0.29, 0.717) is 16.7 Å². The van der Waals surface area contributed by atoms with Crippen LogP contribution in [0.25, 0.3) is 10.2 Å². The van der Waals surface area contributed by atoms with Crippen molar-refractivity contribution < 1.29 is 4.79 Å². The molecule has 2 aromatic rings. The van der Waals surface area contributed by atoms with Crippen LogP contribution in [0.2, 0.25) is 0 Å². The zero-order valence-corrected chi connectivity index (χ0v) is 12.7. The number of hydrogen-bond acceptors (Lipinski definition) is 4. The van der Waals surface area contributed by atoms with Gasteiger partial charge in [-0.05, 0) is 37.2 Å². The first-order valence-corrected chi connectivity index (χ1v) is 7.21. The molecule has 2 N–H and O–H groups in total. The lowest BCUT2D eigenvalue weighted by Crippen LogP contribution is -2.33. The highest BCUT2D eigenvalue weighted by molar-refractivity contribution is 7.80. The minimum atomic E-state index is -0.106. The predicted octanol–water partition coefficient (Wildman–Crippen LogP) is 3.14. The van der Waals surface area contributed by atoms with E-state index in [0.717, 1.165) is 15.8 Å². The number of carbonyl (C=O) groups is 1. The van der Waals surface area contributed by atoms with E-state index >= 15 is 0 Å². The fourth-order valence-electron chi connectivity index (χ4n) is 1.66. The number of fused-ring (bicyclic) bond motifs is 1. The number of carbonyl (C=O) groups excluding carboxylic acids is 1. The maximum atomic E-state index is 11.2. The summed E-state index contributed by atoms with van der Waals surface area (Å²) < 4.78 is 1.15. The van der Waals surface area contributed by atoms with E-state index in [2.05, 4.69) is 34.7 Å². The molecule has 0 aliphatic heterocycles. The number of nitrogens with zero attached hydrogens (tertiary/aromatic N) is 1. The number of hydrogen-bond donors (Lipinski definition) is 2. The lowest BCUT2D eigenvalue weighted by atomic mass is 10.1. The zero-order valence-electron chi connectivity index (χ0n) is 11.0. The summed E-state index contributed by atoms with van der Waals surface area (Å²) in [6.45, 7) is 5.87. The third-order valence-electron chi connectivity index (χ3n) is 2.74. The van der Waals surface area contributed by atoms with E-state index < -0.39 is 0 Å². The summed E-state index contributed by atoms with van der Waals surface area (Å²) in [6.07, 6.45) is 0.403. The highest BCUT2D eigenvalue weighted by Crippen LogP contribution is 2.30. The van der Waals surface area contributed by atoms with Gasteiger partial charge in [-0.3, -0.25) is 4.79 Å². The second kappa shape index (κ2) is 5.63. The van der Waals surface area contributed by atoms with Gasteiger partial charge in [0.15, 0.2) is 10.2 Å². The van der Waals surface area contributed by atoms with Crippen LogP contribution in [0.4, 0.5) is 5.13 Å². The molecule has 19 heavy (non-hydrogen) atoms. The van der Waals surface area contributed by atoms with Crippen LogP contribution in [0.5, 0.6) is 0 Å². The van der Waals surface area contributed by atoms with Crippen molar-refractivity contribution in [1.29, 1.82) is 0 Å². The lowest BCUT2D eigenvalue weighted by Gasteiger charge is -2.04. The number of benzene rings is 1. The maximum absolute atomic E-state index is 11.2. The van der Waals surface area contributed by atoms with Crippen molar-refractivity contribution in [2.45, 2.75) is 27.2 Å². The molecule has 1 aromatic carbocycles. The van der Waals surface area contributed by atoms with Crippen LogP contribution in [0.1, 0.15) is 24.5 Å². The molecular weight excluding hydrogens is 278 g/mol. The molecule has 100 valence electrons. The molecule has 2 rings (SSSR count). The van der Waals surface area contributed by atoms with E-state index in [9.17, 15) is 4.79 Å². The number of rotatable bonds is 2. The van der Waals surface area contributed by atoms with Crippen LogP contribution in [0, 0.1) is 13.8 Å². The molecule has 0 aliphatic rings. The second-order valence-corrected chi connectivity index (χ2v) is 5.66. The molecule has 0 unspecified atom stereocenters. The Morgan fingerprint density at radius 1 is 1.37 bits per heavy atom. The average molecular weight is 293 g/mol. The van der Waals surface area contributed by atoms with Gasteiger partial charge in [0, 0.05) is 6.42 Å². The summed E-state index contributed by atoms with van der Waals surface area (Å²) in [5, 5.41) is 6.55. The predicted molar refractivity (Wildman–Crippen MR) is 83.7 cm³/mol. The number of anilines is 1. The molecule has 0 saturated heterocycles. The minimum absolute atomic E-state index is 0.106. The van der Waals surface area contributed by atoms with Crippen molar-refractivity contribution >= 4 is 49.9 Å². The van der Waals surface area contributed by atoms with E-state index in [1.165, 1.54) is 5.56 Å². The summed E-state index contributed by atoms with van der Waals surface area (Å²) in [5.74, 6) is -0.106. The van der Waals surface area contributed by atoms with Crippen LogP contribution >= 0.6 is 23.6 Å². The molecule has 0 bridgehead atoms. The quantitative estimate of drug-likeness (QED) is 0.835. The minimum Gasteiger partial charge on any atom is -0.308 e. The molecule has 0 radical (unpaired) electrons. The van der Waals surface area contributed by atoms with Crippen LogP contribution in [0.3, 0.4) is 0 Å². The molecule has 6 heteroatoms. The van der Waals surface area contributed by atoms with Gasteiger partial charge in [0.2, 0.25) is 5.91 Å². The van der Waals surface area contributed by atoms with Gasteiger partial charge in [0.25, 0.3) is 0 Å². The fraction of sp³-hybridized carbons (Fsp3) is 0.308. The standard InChI is InChI=1S/C13H15N3OS2/c1-4-9(17)14-12(18)16-13-15-10-7(2)5-6-8(3)11(10)19-13/h5-6H,4H2,1-3H3,(H2,14,15,16,17,18). The van der Waals surface area contributed by atoms with Gasteiger partial charge < -0.3 is 10.6 Å². The SMILES string of the molecule is CCC(=O)NC(=S)Nc1nc2c(C)ccc(C)c2s1. The first kappa shape index (κ1) is 13.9. The first-order valence-electron chi connectivity index (χ1n) is 5.99. The fourth-order valence-corrected chi connectivity index (χ4v) is 2.95. The number of nitrogens with one attached hydrogen (secondary N) is 2. The molecule has 0 spiro atoms. The Morgan fingerprint density at radius 2 is 2.05 bits per heavy atom. The van der Waals surface area contributed by atoms with Crippen LogP contribution in [0.15, 0.2) is 12.1 Å². The van der Waals surface area contributed by atoms with Crippen LogP contribution in [-0.4, -0.2) is 16.0 Å². The van der Waals surface area contributed by atoms with E-state index in [1.807, 2.05) is 6.92 Å². The van der Waals surface area contributed by atoms with Crippen molar-refractivity contribution in [3.05, 3.63) is 23.3 Å². The summed E-state index contributed by atoms with van der Waals surface area (Å²) in [4.78, 5) is 15.8. The topological polar surface area (TPSA) is 54.0 Å². The second-order valence-electron chi connectivity index (χ2n) is 4.25. The normalized spacial score (nSPS) is 10.5. The first-order chi connectivity index (χ1) is 9.01. The number of aromatic nitrogens is 1. The average Bonchev–Trinajstić information content (AvgIpc) is 2.78. The molecule has 1 aromatic heterocycles. The van der Waals surface area contributed by atoms with Gasteiger partial charge in [-0.2, -0.15) is 0 Å². The largest absolute Gasteiger partial charge is 0.308 e. The molecule has 1 heterocycles. The van der Waals surface area contributed by atoms with Crippen molar-refractivity contribution in [1.82, 2.24) is 10.3 Å². The van der Waals surface area contributed by atoms with Crippen molar-refractivity contribution in [3.8, 4) is 0 Å². The van der Waals surface area contributed by atoms with Gasteiger partial charge >= 0.3 is 0 Å². The summed E-state index contributed by atoms with van der Waals surface area (Å²) in [5.41, 5.74) is 3.31. The Labute approximate surface area is 121 Å². The molecule has 0 saturated carbocycles. The number of amides is 1. The zero-order chi connectivity index (χ0) is 14.0. The van der Waals surface area contributed by atoms with Crippen LogP contribution in [-0.2, 0) is 4.79 Å². The van der Waals surface area contributed by atoms with E-state index in [-0.39, 0.29) is 5.91 Å². The van der Waals surface area contributed by atoms with Gasteiger partial charge in [0.05, 0.1) is 10.2 Å². The van der Waals surface area contributed by atoms with E-state index in [1.54, 1.807) is 18.3 Å². The lowest BCUT2D eigenvalue weighted by molar-refractivity contribution is -0.119. The van der Waals surface area contributed by atoms with Crippen molar-refractivity contribution in [2.24, 2.45) is 0 Å². The molecular formula is C13H15N3OS2. The Bertz CT molecular complexity index is 610.